The summed E-state index contributed by atoms with van der Waals surface area (Å²) in [6.07, 6.45) is 5.00. The summed E-state index contributed by atoms with van der Waals surface area (Å²) >= 11 is 1.69. The predicted octanol–water partition coefficient (Wildman–Crippen LogP) is 2.05. The average Bonchev–Trinajstić information content (AvgIpc) is 2.51. The zero-order chi connectivity index (χ0) is 16.2. The van der Waals surface area contributed by atoms with Crippen LogP contribution in [0.3, 0.4) is 0 Å². The van der Waals surface area contributed by atoms with Crippen LogP contribution in [0.2, 0.25) is 0 Å². The normalized spacial score (nSPS) is 21.6. The molecule has 3 rings (SSSR count). The molecule has 1 saturated carbocycles. The van der Waals surface area contributed by atoms with Gasteiger partial charge in [-0.15, -0.1) is 0 Å². The van der Waals surface area contributed by atoms with E-state index in [1.54, 1.807) is 35.0 Å². The van der Waals surface area contributed by atoms with Crippen molar-refractivity contribution in [1.82, 2.24) is 9.88 Å². The Morgan fingerprint density at radius 3 is 2.96 bits per heavy atom. The quantitative estimate of drug-likeness (QED) is 0.886. The fraction of sp³-hybridized carbons (Fsp3) is 0.562. The molecule has 1 aliphatic heterocycles. The number of rotatable bonds is 5. The van der Waals surface area contributed by atoms with E-state index in [2.05, 4.69) is 4.98 Å². The van der Waals surface area contributed by atoms with Crippen molar-refractivity contribution in [3.63, 3.8) is 0 Å². The van der Waals surface area contributed by atoms with E-state index in [1.807, 2.05) is 0 Å². The van der Waals surface area contributed by atoms with Crippen LogP contribution < -0.4 is 4.74 Å². The Morgan fingerprint density at radius 1 is 1.43 bits per heavy atom. The van der Waals surface area contributed by atoms with Gasteiger partial charge in [0.05, 0.1) is 12.5 Å². The van der Waals surface area contributed by atoms with Gasteiger partial charge in [0.15, 0.2) is 0 Å². The summed E-state index contributed by atoms with van der Waals surface area (Å²) in [7, 11) is 0. The Morgan fingerprint density at radius 2 is 2.26 bits per heavy atom. The highest BCUT2D eigenvalue weighted by Crippen LogP contribution is 2.25. The molecule has 1 aliphatic carbocycles. The first-order valence-corrected chi connectivity index (χ1v) is 9.02. The number of pyridine rings is 1. The number of nitrogens with zero attached hydrogens (tertiary/aromatic N) is 2. The monoisotopic (exact) mass is 336 g/mol. The number of amides is 1. The number of aromatic nitrogens is 1. The molecule has 1 amide bonds. The summed E-state index contributed by atoms with van der Waals surface area (Å²) in [4.78, 5) is 29.6. The van der Waals surface area contributed by atoms with Crippen LogP contribution in [0.1, 0.15) is 36.0 Å². The molecule has 6 nitrogen and oxygen atoms in total. The number of thioether (sulfide) groups is 1. The van der Waals surface area contributed by atoms with Gasteiger partial charge in [0.1, 0.15) is 6.10 Å². The van der Waals surface area contributed by atoms with Crippen LogP contribution in [-0.4, -0.2) is 57.1 Å². The Balaban J connectivity index is 1.72. The second kappa shape index (κ2) is 7.21. The molecule has 0 spiro atoms. The van der Waals surface area contributed by atoms with Gasteiger partial charge in [-0.2, -0.15) is 11.8 Å². The lowest BCUT2D eigenvalue weighted by molar-refractivity contribution is -0.138. The fourth-order valence-electron chi connectivity index (χ4n) is 2.73. The molecular weight excluding hydrogens is 316 g/mol. The fourth-order valence-corrected chi connectivity index (χ4v) is 3.79. The van der Waals surface area contributed by atoms with Crippen LogP contribution in [0.4, 0.5) is 0 Å². The van der Waals surface area contributed by atoms with Gasteiger partial charge in [0, 0.05) is 35.9 Å². The number of carboxylic acid groups (broad SMARTS) is 1. The second-order valence-corrected chi connectivity index (χ2v) is 7.03. The molecule has 1 aromatic rings. The number of aliphatic carboxylic acids is 1. The first kappa shape index (κ1) is 16.1. The van der Waals surface area contributed by atoms with Crippen LogP contribution in [0.5, 0.6) is 5.88 Å². The molecule has 1 aromatic heterocycles. The SMILES string of the molecule is O=C(O)CC1CSCCN1C(=O)c1ccnc(OC2CCC2)c1. The molecule has 1 unspecified atom stereocenters. The minimum atomic E-state index is -0.876. The van der Waals surface area contributed by atoms with Crippen molar-refractivity contribution >= 4 is 23.6 Å². The first-order chi connectivity index (χ1) is 11.1. The molecule has 1 atom stereocenters. The van der Waals surface area contributed by atoms with E-state index in [9.17, 15) is 9.59 Å². The van der Waals surface area contributed by atoms with Crippen LogP contribution >= 0.6 is 11.8 Å². The maximum Gasteiger partial charge on any atom is 0.305 e. The van der Waals surface area contributed by atoms with Gasteiger partial charge in [-0.3, -0.25) is 9.59 Å². The molecule has 2 heterocycles. The Bertz CT molecular complexity index is 591. The lowest BCUT2D eigenvalue weighted by Crippen LogP contribution is -2.47. The molecule has 0 bridgehead atoms. The lowest BCUT2D eigenvalue weighted by Gasteiger charge is -2.34. The maximum atomic E-state index is 12.8. The standard InChI is InChI=1S/C16H20N2O4S/c19-15(20)9-12-10-23-7-6-18(12)16(21)11-4-5-17-14(8-11)22-13-2-1-3-13/h4-5,8,12-13H,1-3,6-7,9-10H2,(H,19,20). The van der Waals surface area contributed by atoms with Crippen molar-refractivity contribution < 1.29 is 19.4 Å². The Kier molecular flexibility index (Phi) is 5.05. The topological polar surface area (TPSA) is 79.7 Å². The van der Waals surface area contributed by atoms with Crippen LogP contribution in [0, 0.1) is 0 Å². The molecule has 1 N–H and O–H groups in total. The number of hydrogen-bond acceptors (Lipinski definition) is 5. The van der Waals surface area contributed by atoms with Crippen molar-refractivity contribution in [2.45, 2.75) is 37.8 Å². The number of hydrogen-bond donors (Lipinski definition) is 1. The summed E-state index contributed by atoms with van der Waals surface area (Å²) in [6.45, 7) is 0.572. The van der Waals surface area contributed by atoms with Gasteiger partial charge in [-0.1, -0.05) is 0 Å². The van der Waals surface area contributed by atoms with Gasteiger partial charge in [-0.05, 0) is 25.3 Å². The zero-order valence-electron chi connectivity index (χ0n) is 12.8. The van der Waals surface area contributed by atoms with E-state index in [4.69, 9.17) is 9.84 Å². The third kappa shape index (κ3) is 3.96. The summed E-state index contributed by atoms with van der Waals surface area (Å²) in [5.74, 6) is 0.950. The van der Waals surface area contributed by atoms with Crippen molar-refractivity contribution in [2.75, 3.05) is 18.1 Å². The number of carbonyl (C=O) groups excluding carboxylic acids is 1. The molecule has 124 valence electrons. The number of carboxylic acids is 1. The van der Waals surface area contributed by atoms with Gasteiger partial charge in [0.25, 0.3) is 5.91 Å². The molecule has 0 aromatic carbocycles. The van der Waals surface area contributed by atoms with E-state index < -0.39 is 5.97 Å². The molecule has 0 radical (unpaired) electrons. The summed E-state index contributed by atoms with van der Waals surface area (Å²) in [5.41, 5.74) is 0.511. The maximum absolute atomic E-state index is 12.8. The highest BCUT2D eigenvalue weighted by atomic mass is 32.2. The largest absolute Gasteiger partial charge is 0.481 e. The van der Waals surface area contributed by atoms with Gasteiger partial charge in [0.2, 0.25) is 5.88 Å². The molecule has 1 saturated heterocycles. The Hall–Kier alpha value is -1.76. The zero-order valence-corrected chi connectivity index (χ0v) is 13.6. The minimum absolute atomic E-state index is 0.0186. The summed E-state index contributed by atoms with van der Waals surface area (Å²) in [5, 5.41) is 9.04. The summed E-state index contributed by atoms with van der Waals surface area (Å²) in [6, 6.07) is 3.07. The lowest BCUT2D eigenvalue weighted by atomic mass is 9.96. The smallest absolute Gasteiger partial charge is 0.305 e. The van der Waals surface area contributed by atoms with Crippen molar-refractivity contribution in [3.05, 3.63) is 23.9 Å². The van der Waals surface area contributed by atoms with Gasteiger partial charge in [-0.25, -0.2) is 4.98 Å². The van der Waals surface area contributed by atoms with E-state index in [1.165, 1.54) is 6.42 Å². The van der Waals surface area contributed by atoms with Crippen molar-refractivity contribution in [2.24, 2.45) is 0 Å². The van der Waals surface area contributed by atoms with E-state index in [0.29, 0.717) is 23.7 Å². The highest BCUT2D eigenvalue weighted by Gasteiger charge is 2.30. The van der Waals surface area contributed by atoms with Crippen molar-refractivity contribution in [1.29, 1.82) is 0 Å². The number of ether oxygens (including phenoxy) is 1. The number of carbonyl (C=O) groups is 2. The van der Waals surface area contributed by atoms with E-state index in [-0.39, 0.29) is 24.5 Å². The highest BCUT2D eigenvalue weighted by molar-refractivity contribution is 7.99. The molecule has 23 heavy (non-hydrogen) atoms. The molecule has 2 fully saturated rings. The average molecular weight is 336 g/mol. The molecule has 7 heteroatoms. The third-order valence-electron chi connectivity index (χ3n) is 4.22. The first-order valence-electron chi connectivity index (χ1n) is 7.86. The van der Waals surface area contributed by atoms with Gasteiger partial charge >= 0.3 is 5.97 Å². The van der Waals surface area contributed by atoms with E-state index >= 15 is 0 Å². The molecular formula is C16H20N2O4S. The molecule has 2 aliphatic rings. The predicted molar refractivity (Wildman–Crippen MR) is 86.9 cm³/mol. The Labute approximate surface area is 139 Å². The van der Waals surface area contributed by atoms with Crippen LogP contribution in [0.15, 0.2) is 18.3 Å². The minimum Gasteiger partial charge on any atom is -0.481 e. The van der Waals surface area contributed by atoms with Crippen molar-refractivity contribution in [3.8, 4) is 5.88 Å². The van der Waals surface area contributed by atoms with E-state index in [0.717, 1.165) is 18.6 Å². The van der Waals surface area contributed by atoms with Crippen LogP contribution in [0.25, 0.3) is 0 Å². The third-order valence-corrected chi connectivity index (χ3v) is 5.31. The second-order valence-electron chi connectivity index (χ2n) is 5.88. The summed E-state index contributed by atoms with van der Waals surface area (Å²) < 4.78 is 5.74. The van der Waals surface area contributed by atoms with Crippen LogP contribution in [-0.2, 0) is 4.79 Å². The van der Waals surface area contributed by atoms with Gasteiger partial charge < -0.3 is 14.7 Å².